The lowest BCUT2D eigenvalue weighted by molar-refractivity contribution is -0.182. The second-order valence-corrected chi connectivity index (χ2v) is 6.33. The summed E-state index contributed by atoms with van der Waals surface area (Å²) < 4.78 is 0. The van der Waals surface area contributed by atoms with Gasteiger partial charge in [0, 0.05) is 5.41 Å². The van der Waals surface area contributed by atoms with Crippen molar-refractivity contribution in [2.45, 2.75) is 65.1 Å². The molecule has 3 atom stereocenters. The predicted molar refractivity (Wildman–Crippen MR) is 64.8 cm³/mol. The Bertz CT molecular complexity index is 237. The molecule has 0 spiro atoms. The fourth-order valence-corrected chi connectivity index (χ4v) is 4.37. The van der Waals surface area contributed by atoms with Crippen LogP contribution in [0.15, 0.2) is 0 Å². The summed E-state index contributed by atoms with van der Waals surface area (Å²) in [5, 5.41) is 19.8. The third-order valence-corrected chi connectivity index (χ3v) is 5.03. The van der Waals surface area contributed by atoms with E-state index in [1.165, 1.54) is 32.1 Å². The Morgan fingerprint density at radius 1 is 1.12 bits per heavy atom. The van der Waals surface area contributed by atoms with E-state index >= 15 is 0 Å². The van der Waals surface area contributed by atoms with Crippen molar-refractivity contribution in [3.05, 3.63) is 0 Å². The van der Waals surface area contributed by atoms with Crippen LogP contribution in [0.1, 0.15) is 58.8 Å². The van der Waals surface area contributed by atoms with E-state index in [0.717, 1.165) is 12.8 Å². The molecule has 2 rings (SSSR count). The van der Waals surface area contributed by atoms with Crippen LogP contribution >= 0.6 is 0 Å². The summed E-state index contributed by atoms with van der Waals surface area (Å²) in [5.41, 5.74) is -0.150. The van der Waals surface area contributed by atoms with Crippen LogP contribution < -0.4 is 0 Å². The van der Waals surface area contributed by atoms with Crippen LogP contribution in [0.25, 0.3) is 0 Å². The Labute approximate surface area is 99.1 Å². The number of fused-ring (bicyclic) bond motifs is 1. The van der Waals surface area contributed by atoms with Gasteiger partial charge in [-0.2, -0.15) is 0 Å². The zero-order chi connectivity index (χ0) is 11.8. The topological polar surface area (TPSA) is 40.5 Å². The standard InChI is InChI=1S/C14H26O2/c1-10(2)9-12-7-6-11-5-3-4-8-14(11,12)13(15)16/h10-13,15-16H,3-9H2,1-2H3. The highest BCUT2D eigenvalue weighted by Gasteiger charge is 2.54. The van der Waals surface area contributed by atoms with Crippen molar-refractivity contribution in [3.63, 3.8) is 0 Å². The van der Waals surface area contributed by atoms with Gasteiger partial charge in [-0.05, 0) is 49.9 Å². The van der Waals surface area contributed by atoms with Gasteiger partial charge in [0.15, 0.2) is 6.29 Å². The van der Waals surface area contributed by atoms with E-state index in [0.29, 0.717) is 17.8 Å². The molecule has 0 radical (unpaired) electrons. The summed E-state index contributed by atoms with van der Waals surface area (Å²) in [6.45, 7) is 4.49. The molecule has 94 valence electrons. The molecule has 0 aliphatic heterocycles. The van der Waals surface area contributed by atoms with Crippen molar-refractivity contribution < 1.29 is 10.2 Å². The zero-order valence-electron chi connectivity index (χ0n) is 10.7. The van der Waals surface area contributed by atoms with Gasteiger partial charge in [0.2, 0.25) is 0 Å². The lowest BCUT2D eigenvalue weighted by atomic mass is 9.62. The van der Waals surface area contributed by atoms with Gasteiger partial charge in [0.05, 0.1) is 0 Å². The SMILES string of the molecule is CC(C)CC1CCC2CCCCC21C(O)O. The minimum atomic E-state index is -1.09. The summed E-state index contributed by atoms with van der Waals surface area (Å²) in [7, 11) is 0. The van der Waals surface area contributed by atoms with E-state index in [-0.39, 0.29) is 5.41 Å². The Morgan fingerprint density at radius 2 is 1.88 bits per heavy atom. The van der Waals surface area contributed by atoms with Gasteiger partial charge >= 0.3 is 0 Å². The maximum absolute atomic E-state index is 9.88. The number of rotatable bonds is 3. The molecule has 2 N–H and O–H groups in total. The minimum Gasteiger partial charge on any atom is -0.368 e. The van der Waals surface area contributed by atoms with Gasteiger partial charge < -0.3 is 10.2 Å². The summed E-state index contributed by atoms with van der Waals surface area (Å²) in [5.74, 6) is 1.78. The van der Waals surface area contributed by atoms with E-state index in [1.54, 1.807) is 0 Å². The molecule has 0 amide bonds. The smallest absolute Gasteiger partial charge is 0.157 e. The molecule has 0 heterocycles. The van der Waals surface area contributed by atoms with E-state index in [4.69, 9.17) is 0 Å². The average molecular weight is 226 g/mol. The Morgan fingerprint density at radius 3 is 2.50 bits per heavy atom. The molecule has 2 heteroatoms. The highest BCUT2D eigenvalue weighted by atomic mass is 16.5. The van der Waals surface area contributed by atoms with Gasteiger partial charge in [-0.3, -0.25) is 0 Å². The highest BCUT2D eigenvalue weighted by molar-refractivity contribution is 5.01. The van der Waals surface area contributed by atoms with Crippen LogP contribution in [0.5, 0.6) is 0 Å². The molecule has 0 bridgehead atoms. The molecule has 2 aliphatic carbocycles. The Balaban J connectivity index is 2.19. The lowest BCUT2D eigenvalue weighted by Gasteiger charge is -2.45. The first-order valence-electron chi connectivity index (χ1n) is 6.93. The monoisotopic (exact) mass is 226 g/mol. The first kappa shape index (κ1) is 12.4. The van der Waals surface area contributed by atoms with Crippen molar-refractivity contribution in [1.82, 2.24) is 0 Å². The van der Waals surface area contributed by atoms with Gasteiger partial charge in [-0.25, -0.2) is 0 Å². The number of aliphatic hydroxyl groups excluding tert-OH is 1. The Hall–Kier alpha value is -0.0800. The van der Waals surface area contributed by atoms with E-state index in [9.17, 15) is 10.2 Å². The number of hydrogen-bond donors (Lipinski definition) is 2. The van der Waals surface area contributed by atoms with E-state index < -0.39 is 6.29 Å². The number of aliphatic hydroxyl groups is 2. The van der Waals surface area contributed by atoms with Crippen LogP contribution in [0.2, 0.25) is 0 Å². The molecule has 2 aliphatic rings. The maximum atomic E-state index is 9.88. The fraction of sp³-hybridized carbons (Fsp3) is 1.00. The van der Waals surface area contributed by atoms with Crippen LogP contribution in [0, 0.1) is 23.2 Å². The summed E-state index contributed by atoms with van der Waals surface area (Å²) in [6, 6.07) is 0. The molecule has 0 aromatic carbocycles. The molecule has 0 saturated heterocycles. The zero-order valence-corrected chi connectivity index (χ0v) is 10.7. The average Bonchev–Trinajstić information content (AvgIpc) is 2.58. The van der Waals surface area contributed by atoms with Crippen LogP contribution in [-0.2, 0) is 0 Å². The normalized spacial score (nSPS) is 39.4. The lowest BCUT2D eigenvalue weighted by Crippen LogP contribution is -2.45. The fourth-order valence-electron chi connectivity index (χ4n) is 4.37. The summed E-state index contributed by atoms with van der Waals surface area (Å²) >= 11 is 0. The molecule has 2 fully saturated rings. The first-order valence-corrected chi connectivity index (χ1v) is 6.93. The molecule has 16 heavy (non-hydrogen) atoms. The molecule has 0 aromatic rings. The summed E-state index contributed by atoms with van der Waals surface area (Å²) in [6.07, 6.45) is 7.21. The molecule has 2 saturated carbocycles. The van der Waals surface area contributed by atoms with Crippen molar-refractivity contribution in [2.75, 3.05) is 0 Å². The van der Waals surface area contributed by atoms with Crippen molar-refractivity contribution in [3.8, 4) is 0 Å². The van der Waals surface area contributed by atoms with Crippen molar-refractivity contribution in [1.29, 1.82) is 0 Å². The molecular weight excluding hydrogens is 200 g/mol. The minimum absolute atomic E-state index is 0.150. The van der Waals surface area contributed by atoms with Gasteiger partial charge in [-0.15, -0.1) is 0 Å². The molecule has 3 unspecified atom stereocenters. The highest BCUT2D eigenvalue weighted by Crippen LogP contribution is 2.58. The third kappa shape index (κ3) is 1.91. The second kappa shape index (κ2) is 4.66. The summed E-state index contributed by atoms with van der Waals surface area (Å²) in [4.78, 5) is 0. The molecule has 2 nitrogen and oxygen atoms in total. The maximum Gasteiger partial charge on any atom is 0.157 e. The van der Waals surface area contributed by atoms with Gasteiger partial charge in [-0.1, -0.05) is 26.7 Å². The van der Waals surface area contributed by atoms with E-state index in [2.05, 4.69) is 13.8 Å². The Kier molecular flexibility index (Phi) is 3.60. The molecule has 0 aromatic heterocycles. The quantitative estimate of drug-likeness (QED) is 0.726. The van der Waals surface area contributed by atoms with Crippen LogP contribution in [0.4, 0.5) is 0 Å². The second-order valence-electron chi connectivity index (χ2n) is 6.33. The van der Waals surface area contributed by atoms with Gasteiger partial charge in [0.25, 0.3) is 0 Å². The third-order valence-electron chi connectivity index (χ3n) is 5.03. The van der Waals surface area contributed by atoms with Crippen LogP contribution in [-0.4, -0.2) is 16.5 Å². The van der Waals surface area contributed by atoms with Crippen LogP contribution in [0.3, 0.4) is 0 Å². The largest absolute Gasteiger partial charge is 0.368 e. The van der Waals surface area contributed by atoms with E-state index in [1.807, 2.05) is 0 Å². The van der Waals surface area contributed by atoms with Crippen molar-refractivity contribution >= 4 is 0 Å². The van der Waals surface area contributed by atoms with Crippen molar-refractivity contribution in [2.24, 2.45) is 23.2 Å². The molecular formula is C14H26O2. The first-order chi connectivity index (χ1) is 7.57. The predicted octanol–water partition coefficient (Wildman–Crippen LogP) is 2.93. The van der Waals surface area contributed by atoms with Gasteiger partial charge in [0.1, 0.15) is 0 Å². The number of hydrogen-bond acceptors (Lipinski definition) is 2.